The van der Waals surface area contributed by atoms with Crippen LogP contribution in [0.5, 0.6) is 11.5 Å². The molecule has 2 aromatic carbocycles. The van der Waals surface area contributed by atoms with Gasteiger partial charge in [0.1, 0.15) is 5.82 Å². The zero-order valence-electron chi connectivity index (χ0n) is 14.9. The van der Waals surface area contributed by atoms with Crippen LogP contribution in [0.25, 0.3) is 11.0 Å². The van der Waals surface area contributed by atoms with E-state index in [4.69, 9.17) is 19.7 Å². The summed E-state index contributed by atoms with van der Waals surface area (Å²) in [6.45, 7) is 4.95. The molecule has 1 aromatic heterocycles. The summed E-state index contributed by atoms with van der Waals surface area (Å²) in [6, 6.07) is 13.7. The molecule has 0 fully saturated rings. The molecule has 0 atom stereocenters. The molecule has 0 aliphatic rings. The van der Waals surface area contributed by atoms with E-state index in [9.17, 15) is 0 Å². The van der Waals surface area contributed by atoms with Gasteiger partial charge in [0, 0.05) is 24.6 Å². The summed E-state index contributed by atoms with van der Waals surface area (Å²) in [5.74, 6) is 2.65. The lowest BCUT2D eigenvalue weighted by Gasteiger charge is -2.13. The van der Waals surface area contributed by atoms with Crippen LogP contribution < -0.4 is 9.47 Å². The van der Waals surface area contributed by atoms with Gasteiger partial charge in [-0.05, 0) is 17.7 Å². The summed E-state index contributed by atoms with van der Waals surface area (Å²) >= 11 is 0. The highest BCUT2D eigenvalue weighted by atomic mass is 16.5. The van der Waals surface area contributed by atoms with Gasteiger partial charge in [-0.15, -0.1) is 0 Å². The molecule has 0 N–H and O–H groups in total. The lowest BCUT2D eigenvalue weighted by molar-refractivity contribution is 0.355. The zero-order chi connectivity index (χ0) is 18.0. The molecule has 128 valence electrons. The predicted molar refractivity (Wildman–Crippen MR) is 97.2 cm³/mol. The molecule has 0 aliphatic carbocycles. The first-order chi connectivity index (χ1) is 12.1. The molecule has 5 heteroatoms. The van der Waals surface area contributed by atoms with Crippen LogP contribution in [-0.2, 0) is 6.54 Å². The SMILES string of the molecule is COc1cc2nc(C(C)C)n(Cc3ccc(C#N)cc3)c2cc1OC. The Morgan fingerprint density at radius 2 is 1.72 bits per heavy atom. The van der Waals surface area contributed by atoms with Crippen LogP contribution in [0.2, 0.25) is 0 Å². The van der Waals surface area contributed by atoms with Crippen LogP contribution in [0, 0.1) is 11.3 Å². The predicted octanol–water partition coefficient (Wildman–Crippen LogP) is 4.10. The Morgan fingerprint density at radius 3 is 2.28 bits per heavy atom. The minimum absolute atomic E-state index is 0.280. The van der Waals surface area contributed by atoms with Crippen LogP contribution in [0.15, 0.2) is 36.4 Å². The smallest absolute Gasteiger partial charge is 0.163 e. The summed E-state index contributed by atoms with van der Waals surface area (Å²) in [5, 5.41) is 8.96. The quantitative estimate of drug-likeness (QED) is 0.704. The Labute approximate surface area is 147 Å². The molecule has 0 unspecified atom stereocenters. The maximum Gasteiger partial charge on any atom is 0.163 e. The van der Waals surface area contributed by atoms with Crippen molar-refractivity contribution >= 4 is 11.0 Å². The van der Waals surface area contributed by atoms with Crippen molar-refractivity contribution in [2.75, 3.05) is 14.2 Å². The molecular weight excluding hydrogens is 314 g/mol. The van der Waals surface area contributed by atoms with Crippen molar-refractivity contribution in [3.05, 3.63) is 53.3 Å². The van der Waals surface area contributed by atoms with E-state index in [1.807, 2.05) is 36.4 Å². The number of methoxy groups -OCH3 is 2. The Morgan fingerprint density at radius 1 is 1.08 bits per heavy atom. The topological polar surface area (TPSA) is 60.1 Å². The van der Waals surface area contributed by atoms with E-state index in [2.05, 4.69) is 24.5 Å². The second kappa shape index (κ2) is 6.86. The van der Waals surface area contributed by atoms with Gasteiger partial charge in [0.2, 0.25) is 0 Å². The normalized spacial score (nSPS) is 10.9. The van der Waals surface area contributed by atoms with Crippen molar-refractivity contribution in [3.63, 3.8) is 0 Å². The summed E-state index contributed by atoms with van der Waals surface area (Å²) in [5.41, 5.74) is 3.67. The first kappa shape index (κ1) is 16.8. The number of aromatic nitrogens is 2. The fourth-order valence-electron chi connectivity index (χ4n) is 2.94. The molecule has 3 aromatic rings. The molecular formula is C20H21N3O2. The first-order valence-electron chi connectivity index (χ1n) is 8.18. The fourth-order valence-corrected chi connectivity index (χ4v) is 2.94. The van der Waals surface area contributed by atoms with E-state index in [0.29, 0.717) is 23.6 Å². The molecule has 3 rings (SSSR count). The summed E-state index contributed by atoms with van der Waals surface area (Å²) in [4.78, 5) is 4.80. The van der Waals surface area contributed by atoms with Crippen LogP contribution in [0.4, 0.5) is 0 Å². The average molecular weight is 335 g/mol. The summed E-state index contributed by atoms with van der Waals surface area (Å²) in [6.07, 6.45) is 0. The first-order valence-corrected chi connectivity index (χ1v) is 8.18. The van der Waals surface area contributed by atoms with Crippen LogP contribution in [0.1, 0.15) is 36.7 Å². The standard InChI is InChI=1S/C20H21N3O2/c1-13(2)20-22-16-9-18(24-3)19(25-4)10-17(16)23(20)12-15-7-5-14(11-21)6-8-15/h5-10,13H,12H2,1-4H3. The molecule has 0 saturated heterocycles. The minimum atomic E-state index is 0.280. The van der Waals surface area contributed by atoms with Crippen molar-refractivity contribution in [1.29, 1.82) is 5.26 Å². The highest BCUT2D eigenvalue weighted by Gasteiger charge is 2.17. The molecule has 1 heterocycles. The van der Waals surface area contributed by atoms with Crippen molar-refractivity contribution in [1.82, 2.24) is 9.55 Å². The number of hydrogen-bond donors (Lipinski definition) is 0. The summed E-state index contributed by atoms with van der Waals surface area (Å²) < 4.78 is 13.0. The third-order valence-corrected chi connectivity index (χ3v) is 4.22. The van der Waals surface area contributed by atoms with E-state index in [1.165, 1.54) is 0 Å². The van der Waals surface area contributed by atoms with E-state index in [1.54, 1.807) is 14.2 Å². The Bertz CT molecular complexity index is 934. The monoisotopic (exact) mass is 335 g/mol. The lowest BCUT2D eigenvalue weighted by atomic mass is 10.1. The highest BCUT2D eigenvalue weighted by molar-refractivity contribution is 5.81. The lowest BCUT2D eigenvalue weighted by Crippen LogP contribution is -2.06. The van der Waals surface area contributed by atoms with Gasteiger partial charge >= 0.3 is 0 Å². The molecule has 0 saturated carbocycles. The van der Waals surface area contributed by atoms with E-state index >= 15 is 0 Å². The van der Waals surface area contributed by atoms with E-state index in [-0.39, 0.29) is 5.92 Å². The number of fused-ring (bicyclic) bond motifs is 1. The van der Waals surface area contributed by atoms with Crippen LogP contribution >= 0.6 is 0 Å². The van der Waals surface area contributed by atoms with Gasteiger partial charge in [0.05, 0.1) is 36.9 Å². The molecule has 5 nitrogen and oxygen atoms in total. The fraction of sp³-hybridized carbons (Fsp3) is 0.300. The van der Waals surface area contributed by atoms with Crippen molar-refractivity contribution in [2.45, 2.75) is 26.3 Å². The number of imidazole rings is 1. The van der Waals surface area contributed by atoms with Gasteiger partial charge in [-0.1, -0.05) is 26.0 Å². The molecule has 0 bridgehead atoms. The van der Waals surface area contributed by atoms with Crippen molar-refractivity contribution in [3.8, 4) is 17.6 Å². The zero-order valence-corrected chi connectivity index (χ0v) is 14.9. The Kier molecular flexibility index (Phi) is 4.62. The number of nitrogens with zero attached hydrogens (tertiary/aromatic N) is 3. The van der Waals surface area contributed by atoms with E-state index < -0.39 is 0 Å². The maximum absolute atomic E-state index is 8.96. The highest BCUT2D eigenvalue weighted by Crippen LogP contribution is 2.34. The number of nitriles is 1. The third-order valence-electron chi connectivity index (χ3n) is 4.22. The number of hydrogen-bond acceptors (Lipinski definition) is 4. The second-order valence-corrected chi connectivity index (χ2v) is 6.22. The summed E-state index contributed by atoms with van der Waals surface area (Å²) in [7, 11) is 3.26. The minimum Gasteiger partial charge on any atom is -0.493 e. The second-order valence-electron chi connectivity index (χ2n) is 6.22. The van der Waals surface area contributed by atoms with E-state index in [0.717, 1.165) is 22.4 Å². The van der Waals surface area contributed by atoms with Gasteiger partial charge < -0.3 is 14.0 Å². The van der Waals surface area contributed by atoms with Gasteiger partial charge in [0.15, 0.2) is 11.5 Å². The molecule has 0 aliphatic heterocycles. The molecule has 0 amide bonds. The van der Waals surface area contributed by atoms with Gasteiger partial charge in [0.25, 0.3) is 0 Å². The number of rotatable bonds is 5. The van der Waals surface area contributed by atoms with Crippen molar-refractivity contribution < 1.29 is 9.47 Å². The maximum atomic E-state index is 8.96. The Balaban J connectivity index is 2.13. The molecule has 0 spiro atoms. The average Bonchev–Trinajstić information content (AvgIpc) is 2.98. The number of ether oxygens (including phenoxy) is 2. The van der Waals surface area contributed by atoms with Gasteiger partial charge in [-0.25, -0.2) is 4.98 Å². The molecule has 0 radical (unpaired) electrons. The Hall–Kier alpha value is -3.00. The van der Waals surface area contributed by atoms with Gasteiger partial charge in [-0.2, -0.15) is 5.26 Å². The third kappa shape index (κ3) is 3.16. The van der Waals surface area contributed by atoms with Crippen LogP contribution in [-0.4, -0.2) is 23.8 Å². The number of benzene rings is 2. The van der Waals surface area contributed by atoms with Gasteiger partial charge in [-0.3, -0.25) is 0 Å². The largest absolute Gasteiger partial charge is 0.493 e. The molecule has 25 heavy (non-hydrogen) atoms. The van der Waals surface area contributed by atoms with Crippen LogP contribution in [0.3, 0.4) is 0 Å². The van der Waals surface area contributed by atoms with Crippen molar-refractivity contribution in [2.24, 2.45) is 0 Å².